The molecule has 1 atom stereocenters. The summed E-state index contributed by atoms with van der Waals surface area (Å²) in [6, 6.07) is 16.0. The molecule has 0 aliphatic heterocycles. The maximum absolute atomic E-state index is 13.2. The number of aliphatic hydroxyl groups is 1. The van der Waals surface area contributed by atoms with Gasteiger partial charge >= 0.3 is 0 Å². The topological polar surface area (TPSA) is 40.5 Å². The van der Waals surface area contributed by atoms with E-state index in [2.05, 4.69) is 49.9 Å². The number of Topliss-reactive ketones (excluding diaryl/α,β-unsaturated/α-hetero) is 1. The van der Waals surface area contributed by atoms with Crippen molar-refractivity contribution < 1.29 is 9.90 Å². The first-order valence-electron chi connectivity index (χ1n) is 18.8. The second-order valence-corrected chi connectivity index (χ2v) is 13.2. The monoisotopic (exact) mass is 606 g/mol. The number of unbranched alkanes of at least 4 members (excludes halogenated alkanes) is 18. The number of aliphatic hydroxyl groups excluding tert-OH is 1. The van der Waals surface area contributed by atoms with Crippen LogP contribution in [0.3, 0.4) is 0 Å². The van der Waals surface area contributed by atoms with Crippen molar-refractivity contribution >= 4 is 11.5 Å². The van der Waals surface area contributed by atoms with Gasteiger partial charge in [0.2, 0.25) is 0 Å². The molecule has 0 radical (unpaired) electrons. The maximum atomic E-state index is 13.2. The van der Waals surface area contributed by atoms with E-state index in [1.54, 1.807) is 0 Å². The van der Waals surface area contributed by atoms with E-state index in [4.69, 9.17) is 0 Å². The third-order valence-electron chi connectivity index (χ3n) is 9.19. The molecule has 0 heterocycles. The zero-order valence-corrected chi connectivity index (χ0v) is 29.0. The first-order chi connectivity index (χ1) is 21.6. The highest BCUT2D eigenvalue weighted by molar-refractivity contribution is 6.00. The molecule has 0 saturated heterocycles. The van der Waals surface area contributed by atoms with Gasteiger partial charge < -0.3 is 10.0 Å². The van der Waals surface area contributed by atoms with Crippen LogP contribution in [0.5, 0.6) is 0 Å². The molecular weight excluding hydrogens is 538 g/mol. The first kappa shape index (κ1) is 38.1. The molecule has 0 aliphatic carbocycles. The predicted molar refractivity (Wildman–Crippen MR) is 192 cm³/mol. The number of anilines is 1. The van der Waals surface area contributed by atoms with Crippen molar-refractivity contribution in [3.63, 3.8) is 0 Å². The summed E-state index contributed by atoms with van der Waals surface area (Å²) in [5.74, 6) is -0.221. The summed E-state index contributed by atoms with van der Waals surface area (Å²) >= 11 is 0. The van der Waals surface area contributed by atoms with Crippen LogP contribution in [-0.4, -0.2) is 24.0 Å². The Morgan fingerprint density at radius 1 is 0.545 bits per heavy atom. The molecule has 0 amide bonds. The Hall–Kier alpha value is -2.13. The number of benzene rings is 2. The van der Waals surface area contributed by atoms with Crippen molar-refractivity contribution in [2.45, 2.75) is 168 Å². The van der Waals surface area contributed by atoms with Gasteiger partial charge in [-0.05, 0) is 61.1 Å². The van der Waals surface area contributed by atoms with E-state index < -0.39 is 6.10 Å². The Bertz CT molecular complexity index is 932. The lowest BCUT2D eigenvalue weighted by atomic mass is 9.97. The van der Waals surface area contributed by atoms with Crippen molar-refractivity contribution in [3.05, 3.63) is 65.2 Å². The number of rotatable bonds is 28. The quantitative estimate of drug-likeness (QED) is 0.0774. The van der Waals surface area contributed by atoms with Gasteiger partial charge in [0.25, 0.3) is 0 Å². The molecule has 1 N–H and O–H groups in total. The Balaban J connectivity index is 1.89. The van der Waals surface area contributed by atoms with Gasteiger partial charge in [0.1, 0.15) is 6.10 Å². The largest absolute Gasteiger partial charge is 0.380 e. The fourth-order valence-corrected chi connectivity index (χ4v) is 6.19. The first-order valence-corrected chi connectivity index (χ1v) is 18.8. The Kier molecular flexibility index (Phi) is 21.7. The molecular formula is C41H67NO2. The predicted octanol–water partition coefficient (Wildman–Crippen LogP) is 12.2. The molecule has 0 fully saturated rings. The van der Waals surface area contributed by atoms with Gasteiger partial charge in [0.15, 0.2) is 5.78 Å². The molecule has 0 saturated carbocycles. The summed E-state index contributed by atoms with van der Waals surface area (Å²) < 4.78 is 0. The van der Waals surface area contributed by atoms with Crippen molar-refractivity contribution in [3.8, 4) is 0 Å². The number of ketones is 1. The number of carbonyl (C=O) groups is 1. The number of aryl methyl sites for hydroxylation is 1. The van der Waals surface area contributed by atoms with Crippen LogP contribution in [0, 0.1) is 0 Å². The fraction of sp³-hybridized carbons (Fsp3) is 0.683. The number of carbonyl (C=O) groups excluding carboxylic acids is 1. The number of hydrogen-bond donors (Lipinski definition) is 1. The van der Waals surface area contributed by atoms with Gasteiger partial charge in [0.05, 0.1) is 0 Å². The van der Waals surface area contributed by atoms with Crippen LogP contribution in [0.1, 0.15) is 183 Å². The molecule has 3 heteroatoms. The van der Waals surface area contributed by atoms with Crippen LogP contribution >= 0.6 is 0 Å². The van der Waals surface area contributed by atoms with Crippen LogP contribution in [-0.2, 0) is 6.42 Å². The van der Waals surface area contributed by atoms with E-state index in [9.17, 15) is 9.90 Å². The molecule has 2 aromatic rings. The van der Waals surface area contributed by atoms with Gasteiger partial charge in [-0.3, -0.25) is 4.79 Å². The molecule has 0 bridgehead atoms. The molecule has 2 rings (SSSR count). The second-order valence-electron chi connectivity index (χ2n) is 13.2. The summed E-state index contributed by atoms with van der Waals surface area (Å²) in [4.78, 5) is 15.7. The highest BCUT2D eigenvalue weighted by Crippen LogP contribution is 2.23. The Morgan fingerprint density at radius 3 is 1.41 bits per heavy atom. The summed E-state index contributed by atoms with van der Waals surface area (Å²) in [5, 5.41) is 10.9. The smallest absolute Gasteiger partial charge is 0.195 e. The molecule has 44 heavy (non-hydrogen) atoms. The third kappa shape index (κ3) is 16.3. The molecule has 0 aromatic heterocycles. The van der Waals surface area contributed by atoms with Crippen molar-refractivity contribution in [1.29, 1.82) is 0 Å². The minimum absolute atomic E-state index is 0.221. The highest BCUT2D eigenvalue weighted by Gasteiger charge is 2.19. The molecule has 3 nitrogen and oxygen atoms in total. The SMILES string of the molecule is CCCCCCCCCCN(CCCCCCCCCC)c1ccc(C(=O)C(O)c2ccc(CCCCCCC)cc2)cc1. The number of nitrogens with zero attached hydrogens (tertiary/aromatic N) is 1. The molecule has 1 unspecified atom stereocenters. The summed E-state index contributed by atoms with van der Waals surface area (Å²) in [6.07, 6.45) is 27.6. The zero-order chi connectivity index (χ0) is 31.7. The molecule has 2 aromatic carbocycles. The lowest BCUT2D eigenvalue weighted by molar-refractivity contribution is 0.0747. The summed E-state index contributed by atoms with van der Waals surface area (Å²) in [6.45, 7) is 8.95. The van der Waals surface area contributed by atoms with Crippen LogP contribution in [0.2, 0.25) is 0 Å². The van der Waals surface area contributed by atoms with E-state index >= 15 is 0 Å². The van der Waals surface area contributed by atoms with Crippen LogP contribution < -0.4 is 4.90 Å². The van der Waals surface area contributed by atoms with Crippen LogP contribution in [0.15, 0.2) is 48.5 Å². The normalized spacial score (nSPS) is 12.0. The van der Waals surface area contributed by atoms with E-state index in [-0.39, 0.29) is 5.78 Å². The van der Waals surface area contributed by atoms with Gasteiger partial charge in [-0.2, -0.15) is 0 Å². The Morgan fingerprint density at radius 2 is 0.955 bits per heavy atom. The van der Waals surface area contributed by atoms with Gasteiger partial charge in [-0.25, -0.2) is 0 Å². The lowest BCUT2D eigenvalue weighted by Crippen LogP contribution is -2.26. The van der Waals surface area contributed by atoms with Crippen LogP contribution in [0.25, 0.3) is 0 Å². The van der Waals surface area contributed by atoms with Crippen molar-refractivity contribution in [2.24, 2.45) is 0 Å². The standard InChI is InChI=1S/C41H67NO2/c1-4-7-10-13-15-17-20-23-34-42(35-24-21-18-16-14-11-8-5-2)39-32-30-38(31-33-39)41(44)40(43)37-28-26-36(27-29-37)25-22-19-12-9-6-3/h26-33,40,43H,4-25,34-35H2,1-3H3. The Labute approximate surface area is 272 Å². The third-order valence-corrected chi connectivity index (χ3v) is 9.19. The minimum Gasteiger partial charge on any atom is -0.380 e. The molecule has 0 aliphatic rings. The average molecular weight is 606 g/mol. The number of hydrogen-bond acceptors (Lipinski definition) is 3. The van der Waals surface area contributed by atoms with Gasteiger partial charge in [-0.1, -0.05) is 161 Å². The van der Waals surface area contributed by atoms with Crippen molar-refractivity contribution in [2.75, 3.05) is 18.0 Å². The summed E-state index contributed by atoms with van der Waals surface area (Å²) in [5.41, 5.74) is 3.74. The molecule has 0 spiro atoms. The average Bonchev–Trinajstić information content (AvgIpc) is 3.05. The van der Waals surface area contributed by atoms with Gasteiger partial charge in [-0.15, -0.1) is 0 Å². The van der Waals surface area contributed by atoms with Gasteiger partial charge in [0, 0.05) is 24.3 Å². The van der Waals surface area contributed by atoms with Crippen LogP contribution in [0.4, 0.5) is 5.69 Å². The van der Waals surface area contributed by atoms with E-state index in [0.29, 0.717) is 11.1 Å². The minimum atomic E-state index is -1.12. The van der Waals surface area contributed by atoms with E-state index in [0.717, 1.165) is 19.5 Å². The van der Waals surface area contributed by atoms with Crippen molar-refractivity contribution in [1.82, 2.24) is 0 Å². The fourth-order valence-electron chi connectivity index (χ4n) is 6.19. The second kappa shape index (κ2) is 25.1. The van der Waals surface area contributed by atoms with E-state index in [1.165, 1.54) is 146 Å². The lowest BCUT2D eigenvalue weighted by Gasteiger charge is -2.25. The highest BCUT2D eigenvalue weighted by atomic mass is 16.3. The zero-order valence-electron chi connectivity index (χ0n) is 29.0. The maximum Gasteiger partial charge on any atom is 0.195 e. The summed E-state index contributed by atoms with van der Waals surface area (Å²) in [7, 11) is 0. The van der Waals surface area contributed by atoms with E-state index in [1.807, 2.05) is 24.3 Å². The molecule has 248 valence electrons.